The third-order valence-electron chi connectivity index (χ3n) is 7.17. The Labute approximate surface area is 219 Å². The number of carboxylic acids is 1. The molecule has 1 aliphatic carbocycles. The van der Waals surface area contributed by atoms with Crippen LogP contribution >= 0.6 is 0 Å². The largest absolute Gasteiger partial charge is 0.480 e. The molecule has 7 heteroatoms. The van der Waals surface area contributed by atoms with Crippen LogP contribution in [0.1, 0.15) is 80.5 Å². The molecule has 0 saturated heterocycles. The van der Waals surface area contributed by atoms with Crippen LogP contribution in [0.3, 0.4) is 0 Å². The first-order valence-corrected chi connectivity index (χ1v) is 13.4. The highest BCUT2D eigenvalue weighted by Gasteiger charge is 2.30. The SMILES string of the molecule is C=C(N[C@H](C(=O)O)C1CCCCC1)c1ccc(F)cc1NC(=O)Nc1c(C)cc(CCCCC)cc1C. The summed E-state index contributed by atoms with van der Waals surface area (Å²) < 4.78 is 14.2. The summed E-state index contributed by atoms with van der Waals surface area (Å²) in [5.74, 6) is -1.46. The molecule has 1 aliphatic rings. The van der Waals surface area contributed by atoms with Crippen molar-refractivity contribution in [3.8, 4) is 0 Å². The lowest BCUT2D eigenvalue weighted by molar-refractivity contribution is -0.140. The normalized spacial score (nSPS) is 14.6. The van der Waals surface area contributed by atoms with E-state index < -0.39 is 23.9 Å². The Kier molecular flexibility index (Phi) is 10.1. The van der Waals surface area contributed by atoms with E-state index in [1.807, 2.05) is 13.8 Å². The van der Waals surface area contributed by atoms with Crippen LogP contribution in [-0.2, 0) is 11.2 Å². The Morgan fingerprint density at radius 1 is 1.05 bits per heavy atom. The highest BCUT2D eigenvalue weighted by Crippen LogP contribution is 2.30. The van der Waals surface area contributed by atoms with Crippen molar-refractivity contribution in [1.82, 2.24) is 5.32 Å². The average molecular weight is 510 g/mol. The van der Waals surface area contributed by atoms with E-state index in [-0.39, 0.29) is 11.6 Å². The minimum Gasteiger partial charge on any atom is -0.480 e. The van der Waals surface area contributed by atoms with E-state index >= 15 is 0 Å². The minimum atomic E-state index is -0.938. The van der Waals surface area contributed by atoms with Crippen LogP contribution in [0.25, 0.3) is 5.70 Å². The molecule has 1 saturated carbocycles. The van der Waals surface area contributed by atoms with Crippen molar-refractivity contribution >= 4 is 29.1 Å². The van der Waals surface area contributed by atoms with Crippen molar-refractivity contribution in [2.24, 2.45) is 5.92 Å². The summed E-state index contributed by atoms with van der Waals surface area (Å²) in [6, 6.07) is 6.88. The maximum atomic E-state index is 14.2. The second-order valence-corrected chi connectivity index (χ2v) is 10.2. The monoisotopic (exact) mass is 509 g/mol. The Balaban J connectivity index is 1.74. The van der Waals surface area contributed by atoms with Crippen LogP contribution in [0.5, 0.6) is 0 Å². The molecule has 200 valence electrons. The van der Waals surface area contributed by atoms with Crippen molar-refractivity contribution < 1.29 is 19.1 Å². The minimum absolute atomic E-state index is 0.000879. The third kappa shape index (κ3) is 7.81. The van der Waals surface area contributed by atoms with Crippen LogP contribution in [0.2, 0.25) is 0 Å². The molecule has 0 heterocycles. The summed E-state index contributed by atoms with van der Waals surface area (Å²) >= 11 is 0. The van der Waals surface area contributed by atoms with E-state index in [1.54, 1.807) is 0 Å². The van der Waals surface area contributed by atoms with Crippen LogP contribution < -0.4 is 16.0 Å². The van der Waals surface area contributed by atoms with Gasteiger partial charge in [-0.05, 0) is 80.3 Å². The van der Waals surface area contributed by atoms with E-state index in [0.717, 1.165) is 61.8 Å². The molecule has 0 unspecified atom stereocenters. The van der Waals surface area contributed by atoms with Gasteiger partial charge in [0.1, 0.15) is 11.9 Å². The first-order chi connectivity index (χ1) is 17.7. The Bertz CT molecular complexity index is 1100. The van der Waals surface area contributed by atoms with Crippen molar-refractivity contribution in [2.75, 3.05) is 10.6 Å². The highest BCUT2D eigenvalue weighted by atomic mass is 19.1. The number of urea groups is 1. The number of hydrogen-bond acceptors (Lipinski definition) is 3. The third-order valence-corrected chi connectivity index (χ3v) is 7.17. The van der Waals surface area contributed by atoms with Gasteiger partial charge in [0.15, 0.2) is 0 Å². The molecule has 0 bridgehead atoms. The number of benzene rings is 2. The van der Waals surface area contributed by atoms with Gasteiger partial charge in [-0.2, -0.15) is 0 Å². The van der Waals surface area contributed by atoms with Gasteiger partial charge >= 0.3 is 12.0 Å². The molecule has 3 rings (SSSR count). The van der Waals surface area contributed by atoms with E-state index in [4.69, 9.17) is 0 Å². The summed E-state index contributed by atoms with van der Waals surface area (Å²) in [6.07, 6.45) is 9.29. The molecule has 1 fully saturated rings. The zero-order chi connectivity index (χ0) is 26.9. The Morgan fingerprint density at radius 2 is 1.73 bits per heavy atom. The number of anilines is 2. The molecule has 1 atom stereocenters. The number of unbranched alkanes of at least 4 members (excludes halogenated alkanes) is 2. The van der Waals surface area contributed by atoms with Crippen LogP contribution in [-0.4, -0.2) is 23.1 Å². The van der Waals surface area contributed by atoms with Crippen LogP contribution in [0, 0.1) is 25.6 Å². The van der Waals surface area contributed by atoms with E-state index in [1.165, 1.54) is 36.6 Å². The predicted octanol–water partition coefficient (Wildman–Crippen LogP) is 7.41. The Hall–Kier alpha value is -3.35. The molecule has 0 radical (unpaired) electrons. The number of hydrogen-bond donors (Lipinski definition) is 4. The summed E-state index contributed by atoms with van der Waals surface area (Å²) in [4.78, 5) is 25.0. The number of halogens is 1. The van der Waals surface area contributed by atoms with Crippen molar-refractivity contribution in [3.05, 3.63) is 65.0 Å². The molecule has 2 amide bonds. The highest BCUT2D eigenvalue weighted by molar-refractivity contribution is 6.02. The summed E-state index contributed by atoms with van der Waals surface area (Å²) in [5, 5.41) is 18.5. The fourth-order valence-corrected chi connectivity index (χ4v) is 5.24. The number of amides is 2. The lowest BCUT2D eigenvalue weighted by atomic mass is 9.83. The van der Waals surface area contributed by atoms with Crippen molar-refractivity contribution in [3.63, 3.8) is 0 Å². The first kappa shape index (κ1) is 28.2. The van der Waals surface area contributed by atoms with Gasteiger partial charge in [-0.3, -0.25) is 0 Å². The van der Waals surface area contributed by atoms with Crippen molar-refractivity contribution in [1.29, 1.82) is 0 Å². The average Bonchev–Trinajstić information content (AvgIpc) is 2.85. The lowest BCUT2D eigenvalue weighted by Gasteiger charge is -2.29. The summed E-state index contributed by atoms with van der Waals surface area (Å²) in [7, 11) is 0. The number of carbonyl (C=O) groups is 2. The number of rotatable bonds is 11. The molecule has 0 aromatic heterocycles. The fourth-order valence-electron chi connectivity index (χ4n) is 5.24. The fraction of sp³-hybridized carbons (Fsp3) is 0.467. The molecule has 2 aromatic carbocycles. The van der Waals surface area contributed by atoms with Crippen LogP contribution in [0.4, 0.5) is 20.6 Å². The number of aliphatic carboxylic acids is 1. The Morgan fingerprint density at radius 3 is 2.35 bits per heavy atom. The number of carboxylic acid groups (broad SMARTS) is 1. The molecule has 6 nitrogen and oxygen atoms in total. The second-order valence-electron chi connectivity index (χ2n) is 10.2. The van der Waals surface area contributed by atoms with Gasteiger partial charge in [0, 0.05) is 16.9 Å². The zero-order valence-electron chi connectivity index (χ0n) is 22.3. The van der Waals surface area contributed by atoms with Gasteiger partial charge in [0.05, 0.1) is 5.69 Å². The van der Waals surface area contributed by atoms with Gasteiger partial charge in [-0.15, -0.1) is 0 Å². The molecule has 2 aromatic rings. The number of nitrogens with one attached hydrogen (secondary N) is 3. The van der Waals surface area contributed by atoms with E-state index in [2.05, 4.69) is 41.6 Å². The van der Waals surface area contributed by atoms with Crippen LogP contribution in [0.15, 0.2) is 36.9 Å². The standard InChI is InChI=1S/C30H40FN3O3/c1-5-6-8-11-22-16-19(2)27(20(3)17-22)34-30(37)33-26-18-24(31)14-15-25(26)21(4)32-28(29(35)36)23-12-9-7-10-13-23/h14-18,23,28,32H,4-13H2,1-3H3,(H,35,36)(H2,33,34,37)/t28-/m0/s1. The van der Waals surface area contributed by atoms with Gasteiger partial charge in [-0.25, -0.2) is 14.0 Å². The topological polar surface area (TPSA) is 90.5 Å². The molecule has 0 aliphatic heterocycles. The zero-order valence-corrected chi connectivity index (χ0v) is 22.3. The summed E-state index contributed by atoms with van der Waals surface area (Å²) in [5.41, 5.74) is 4.88. The van der Waals surface area contributed by atoms with Gasteiger partial charge in [0.25, 0.3) is 0 Å². The van der Waals surface area contributed by atoms with Gasteiger partial charge in [0.2, 0.25) is 0 Å². The molecule has 0 spiro atoms. The predicted molar refractivity (Wildman–Crippen MR) is 148 cm³/mol. The van der Waals surface area contributed by atoms with Gasteiger partial charge in [-0.1, -0.05) is 57.7 Å². The van der Waals surface area contributed by atoms with Crippen molar-refractivity contribution in [2.45, 2.75) is 84.6 Å². The maximum Gasteiger partial charge on any atom is 0.326 e. The smallest absolute Gasteiger partial charge is 0.326 e. The van der Waals surface area contributed by atoms with Gasteiger partial charge < -0.3 is 21.1 Å². The molecular formula is C30H40FN3O3. The molecular weight excluding hydrogens is 469 g/mol. The number of aryl methyl sites for hydroxylation is 3. The quantitative estimate of drug-likeness (QED) is 0.237. The summed E-state index contributed by atoms with van der Waals surface area (Å²) in [6.45, 7) is 10.1. The second kappa shape index (κ2) is 13.3. The van der Waals surface area contributed by atoms with E-state index in [0.29, 0.717) is 11.3 Å². The molecule has 37 heavy (non-hydrogen) atoms. The lowest BCUT2D eigenvalue weighted by Crippen LogP contribution is -2.42. The number of carbonyl (C=O) groups excluding carboxylic acids is 1. The first-order valence-electron chi connectivity index (χ1n) is 13.4. The molecule has 4 N–H and O–H groups in total. The van der Waals surface area contributed by atoms with E-state index in [9.17, 15) is 19.1 Å². The maximum absolute atomic E-state index is 14.2.